The molecular weight excluding hydrogens is 405 g/mol. The summed E-state index contributed by atoms with van der Waals surface area (Å²) in [6, 6.07) is 10.9. The highest BCUT2D eigenvalue weighted by molar-refractivity contribution is 7.17. The average molecular weight is 427 g/mol. The summed E-state index contributed by atoms with van der Waals surface area (Å²) >= 11 is 6.07. The van der Waals surface area contributed by atoms with Crippen molar-refractivity contribution < 1.29 is 23.4 Å². The van der Waals surface area contributed by atoms with E-state index in [4.69, 9.17) is 21.1 Å². The molecule has 2 aromatic carbocycles. The second kappa shape index (κ2) is 7.12. The number of alkyl halides is 2. The quantitative estimate of drug-likeness (QED) is 0.553. The van der Waals surface area contributed by atoms with Gasteiger partial charge in [0.05, 0.1) is 11.1 Å². The van der Waals surface area contributed by atoms with Crippen LogP contribution in [0.2, 0.25) is 5.02 Å². The second-order valence-electron chi connectivity index (χ2n) is 7.84. The molecule has 2 aliphatic carbocycles. The molecule has 4 rings (SSSR count). The molecule has 0 radical (unpaired) electrons. The molecule has 0 heterocycles. The van der Waals surface area contributed by atoms with E-state index in [1.807, 2.05) is 0 Å². The first-order chi connectivity index (χ1) is 13.2. The summed E-state index contributed by atoms with van der Waals surface area (Å²) in [7, 11) is 1.49. The third kappa shape index (κ3) is 4.12. The van der Waals surface area contributed by atoms with Crippen molar-refractivity contribution in [1.29, 1.82) is 0 Å². The van der Waals surface area contributed by atoms with Crippen molar-refractivity contribution >= 4 is 20.8 Å². The van der Waals surface area contributed by atoms with Gasteiger partial charge in [-0.05, 0) is 74.1 Å². The van der Waals surface area contributed by atoms with Gasteiger partial charge in [-0.1, -0.05) is 20.8 Å². The Bertz CT molecular complexity index is 863. The molecule has 0 aliphatic heterocycles. The molecular formula is C21H22ClF2O3P. The predicted octanol–water partition coefficient (Wildman–Crippen LogP) is 5.99. The number of aliphatic hydroxyl groups is 1. The monoisotopic (exact) mass is 426 g/mol. The van der Waals surface area contributed by atoms with Gasteiger partial charge in [-0.2, -0.15) is 8.78 Å². The number of rotatable bonds is 7. The van der Waals surface area contributed by atoms with Crippen molar-refractivity contribution in [3.8, 4) is 17.2 Å². The highest BCUT2D eigenvalue weighted by Crippen LogP contribution is 2.72. The average Bonchev–Trinajstić information content (AvgIpc) is 3.54. The molecule has 1 N–H and O–H groups in total. The van der Waals surface area contributed by atoms with Crippen LogP contribution in [0.1, 0.15) is 31.7 Å². The molecule has 0 bridgehead atoms. The van der Waals surface area contributed by atoms with E-state index in [1.54, 1.807) is 31.2 Å². The lowest BCUT2D eigenvalue weighted by molar-refractivity contribution is 0.0305. The summed E-state index contributed by atoms with van der Waals surface area (Å²) in [6.07, 6.45) is 2.87. The number of ether oxygens (including phenoxy) is 2. The second-order valence-corrected chi connectivity index (χ2v) is 8.97. The number of benzene rings is 2. The smallest absolute Gasteiger partial charge is 0.283 e. The molecule has 150 valence electrons. The van der Waals surface area contributed by atoms with E-state index in [0.29, 0.717) is 28.6 Å². The van der Waals surface area contributed by atoms with Crippen LogP contribution in [-0.4, -0.2) is 17.3 Å². The molecule has 0 saturated heterocycles. The zero-order chi connectivity index (χ0) is 20.1. The van der Waals surface area contributed by atoms with Gasteiger partial charge in [-0.25, -0.2) is 0 Å². The molecule has 0 amide bonds. The maximum atomic E-state index is 13.3. The third-order valence-electron chi connectivity index (χ3n) is 5.66. The maximum absolute atomic E-state index is 13.3. The van der Waals surface area contributed by atoms with Crippen LogP contribution in [-0.2, 0) is 5.66 Å². The van der Waals surface area contributed by atoms with Gasteiger partial charge in [-0.15, -0.1) is 0 Å². The van der Waals surface area contributed by atoms with Crippen LogP contribution in [0, 0.1) is 11.3 Å². The van der Waals surface area contributed by atoms with E-state index in [0.717, 1.165) is 6.42 Å². The van der Waals surface area contributed by atoms with Crippen molar-refractivity contribution in [1.82, 2.24) is 0 Å². The lowest BCUT2D eigenvalue weighted by Crippen LogP contribution is -2.32. The zero-order valence-corrected chi connectivity index (χ0v) is 17.3. The number of aliphatic hydroxyl groups excluding tert-OH is 1. The Balaban J connectivity index is 1.42. The van der Waals surface area contributed by atoms with Crippen LogP contribution in [0.4, 0.5) is 8.78 Å². The van der Waals surface area contributed by atoms with E-state index >= 15 is 0 Å². The lowest BCUT2D eigenvalue weighted by Gasteiger charge is -2.22. The first-order valence-electron chi connectivity index (χ1n) is 9.27. The fourth-order valence-electron chi connectivity index (χ4n) is 3.76. The largest absolute Gasteiger partial charge is 0.487 e. The Kier molecular flexibility index (Phi) is 5.06. The SMILES string of the molecule is CC(O)C(Oc1ccc(Oc2ccc(C(F)(F)P)cc2Cl)cc1)C1CC12CC2. The van der Waals surface area contributed by atoms with Crippen LogP contribution in [0.5, 0.6) is 17.2 Å². The fraction of sp³-hybridized carbons (Fsp3) is 0.429. The van der Waals surface area contributed by atoms with Gasteiger partial charge in [0.15, 0.2) is 0 Å². The summed E-state index contributed by atoms with van der Waals surface area (Å²) in [4.78, 5) is 0. The van der Waals surface area contributed by atoms with Crippen molar-refractivity contribution in [2.24, 2.45) is 11.3 Å². The van der Waals surface area contributed by atoms with Gasteiger partial charge in [0.1, 0.15) is 23.4 Å². The first-order valence-corrected chi connectivity index (χ1v) is 10.2. The topological polar surface area (TPSA) is 38.7 Å². The van der Waals surface area contributed by atoms with E-state index < -0.39 is 11.8 Å². The Hall–Kier alpha value is -1.42. The van der Waals surface area contributed by atoms with E-state index in [2.05, 4.69) is 0 Å². The van der Waals surface area contributed by atoms with Gasteiger partial charge in [0, 0.05) is 11.5 Å². The van der Waals surface area contributed by atoms with Crippen LogP contribution in [0.25, 0.3) is 0 Å². The minimum Gasteiger partial charge on any atom is -0.487 e. The van der Waals surface area contributed by atoms with Crippen molar-refractivity contribution in [2.75, 3.05) is 0 Å². The minimum atomic E-state index is -3.04. The Morgan fingerprint density at radius 1 is 1.18 bits per heavy atom. The normalized spacial score (nSPS) is 21.9. The molecule has 28 heavy (non-hydrogen) atoms. The molecule has 2 saturated carbocycles. The Morgan fingerprint density at radius 3 is 2.32 bits per heavy atom. The highest BCUT2D eigenvalue weighted by atomic mass is 35.5. The number of hydrogen-bond donors (Lipinski definition) is 1. The van der Waals surface area contributed by atoms with E-state index in [1.165, 1.54) is 40.3 Å². The molecule has 7 heteroatoms. The molecule has 4 unspecified atom stereocenters. The Labute approximate surface area is 170 Å². The summed E-state index contributed by atoms with van der Waals surface area (Å²) in [5, 5.41) is 10.2. The molecule has 0 aromatic heterocycles. The summed E-state index contributed by atoms with van der Waals surface area (Å²) < 4.78 is 38.4. The van der Waals surface area contributed by atoms with E-state index in [-0.39, 0.29) is 16.7 Å². The van der Waals surface area contributed by atoms with Gasteiger partial charge in [-0.3, -0.25) is 0 Å². The fourth-order valence-corrected chi connectivity index (χ4v) is 4.16. The van der Waals surface area contributed by atoms with E-state index in [9.17, 15) is 13.9 Å². The standard InChI is InChI=1S/C21H22ClF2O3P/c1-12(25)19(16-11-20(16)8-9-20)27-15-5-3-14(4-6-15)26-18-7-2-13(10-17(18)22)21(23,24)28/h2-7,10,12,16,19,25H,8-9,11,28H2,1H3. The van der Waals surface area contributed by atoms with Crippen LogP contribution >= 0.6 is 20.8 Å². The van der Waals surface area contributed by atoms with Crippen LogP contribution < -0.4 is 9.47 Å². The maximum Gasteiger partial charge on any atom is 0.283 e. The Morgan fingerprint density at radius 2 is 1.82 bits per heavy atom. The van der Waals surface area contributed by atoms with Gasteiger partial charge in [0.2, 0.25) is 0 Å². The number of halogens is 3. The molecule has 1 spiro atoms. The molecule has 3 nitrogen and oxygen atoms in total. The summed E-state index contributed by atoms with van der Waals surface area (Å²) in [5.74, 6) is 1.89. The van der Waals surface area contributed by atoms with Crippen LogP contribution in [0.15, 0.2) is 42.5 Å². The van der Waals surface area contributed by atoms with Gasteiger partial charge < -0.3 is 14.6 Å². The van der Waals surface area contributed by atoms with Crippen LogP contribution in [0.3, 0.4) is 0 Å². The van der Waals surface area contributed by atoms with Crippen molar-refractivity contribution in [3.05, 3.63) is 53.1 Å². The molecule has 4 atom stereocenters. The number of hydrogen-bond acceptors (Lipinski definition) is 3. The molecule has 2 aliphatic rings. The third-order valence-corrected chi connectivity index (χ3v) is 6.29. The van der Waals surface area contributed by atoms with Gasteiger partial charge in [0.25, 0.3) is 5.66 Å². The molecule has 2 aromatic rings. The predicted molar refractivity (Wildman–Crippen MR) is 107 cm³/mol. The summed E-state index contributed by atoms with van der Waals surface area (Å²) in [6.45, 7) is 1.76. The van der Waals surface area contributed by atoms with Gasteiger partial charge >= 0.3 is 0 Å². The first kappa shape index (κ1) is 19.9. The highest BCUT2D eigenvalue weighted by Gasteiger charge is 2.66. The zero-order valence-electron chi connectivity index (χ0n) is 15.4. The molecule has 2 fully saturated rings. The summed E-state index contributed by atoms with van der Waals surface area (Å²) in [5.41, 5.74) is -2.81. The van der Waals surface area contributed by atoms with Crippen molar-refractivity contribution in [3.63, 3.8) is 0 Å². The van der Waals surface area contributed by atoms with Crippen molar-refractivity contribution in [2.45, 2.75) is 44.1 Å². The lowest BCUT2D eigenvalue weighted by atomic mass is 10.1. The minimum absolute atomic E-state index is 0.109.